The van der Waals surface area contributed by atoms with Crippen molar-refractivity contribution >= 4 is 11.8 Å². The van der Waals surface area contributed by atoms with Crippen LogP contribution < -0.4 is 0 Å². The molecule has 0 amide bonds. The van der Waals surface area contributed by atoms with Crippen LogP contribution in [-0.2, 0) is 9.59 Å². The van der Waals surface area contributed by atoms with Crippen molar-refractivity contribution in [3.8, 4) is 0 Å². The van der Waals surface area contributed by atoms with Gasteiger partial charge in [-0.05, 0) is 12.0 Å². The van der Waals surface area contributed by atoms with Gasteiger partial charge in [-0.3, -0.25) is 14.5 Å². The Labute approximate surface area is 106 Å². The molecule has 1 N–H and O–H groups in total. The number of rotatable bonds is 4. The summed E-state index contributed by atoms with van der Waals surface area (Å²) < 4.78 is 0. The number of ketones is 1. The molecule has 2 rings (SSSR count). The van der Waals surface area contributed by atoms with Gasteiger partial charge in [-0.25, -0.2) is 0 Å². The highest BCUT2D eigenvalue weighted by Gasteiger charge is 2.39. The van der Waals surface area contributed by atoms with E-state index in [0.717, 1.165) is 12.0 Å². The van der Waals surface area contributed by atoms with Crippen molar-refractivity contribution in [3.05, 3.63) is 35.9 Å². The van der Waals surface area contributed by atoms with Gasteiger partial charge in [-0.1, -0.05) is 37.3 Å². The molecule has 2 atom stereocenters. The van der Waals surface area contributed by atoms with E-state index in [4.69, 9.17) is 0 Å². The Morgan fingerprint density at radius 2 is 2.11 bits per heavy atom. The van der Waals surface area contributed by atoms with Crippen LogP contribution in [-0.4, -0.2) is 34.3 Å². The molecule has 1 aliphatic rings. The maximum absolute atomic E-state index is 11.5. The van der Waals surface area contributed by atoms with Gasteiger partial charge in [0.1, 0.15) is 11.8 Å². The topological polar surface area (TPSA) is 57.6 Å². The van der Waals surface area contributed by atoms with E-state index in [9.17, 15) is 14.7 Å². The second-order valence-corrected chi connectivity index (χ2v) is 4.60. The summed E-state index contributed by atoms with van der Waals surface area (Å²) in [4.78, 5) is 24.5. The number of likely N-dealkylation sites (tertiary alicyclic amines) is 1. The van der Waals surface area contributed by atoms with Gasteiger partial charge < -0.3 is 5.11 Å². The first-order chi connectivity index (χ1) is 8.63. The van der Waals surface area contributed by atoms with E-state index in [0.29, 0.717) is 0 Å². The van der Waals surface area contributed by atoms with E-state index in [1.807, 2.05) is 37.3 Å². The molecule has 1 unspecified atom stereocenters. The van der Waals surface area contributed by atoms with Gasteiger partial charge in [0.15, 0.2) is 0 Å². The molecule has 0 saturated carbocycles. The van der Waals surface area contributed by atoms with Crippen molar-refractivity contribution in [2.75, 3.05) is 6.54 Å². The Kier molecular flexibility index (Phi) is 3.77. The summed E-state index contributed by atoms with van der Waals surface area (Å²) in [5.41, 5.74) is 1.07. The van der Waals surface area contributed by atoms with Crippen LogP contribution in [0.25, 0.3) is 0 Å². The number of benzene rings is 1. The monoisotopic (exact) mass is 247 g/mol. The predicted octanol–water partition coefficient (Wildman–Crippen LogP) is 1.87. The Morgan fingerprint density at radius 1 is 1.44 bits per heavy atom. The van der Waals surface area contributed by atoms with Gasteiger partial charge in [-0.15, -0.1) is 0 Å². The van der Waals surface area contributed by atoms with Crippen LogP contribution in [0.4, 0.5) is 0 Å². The molecule has 1 fully saturated rings. The van der Waals surface area contributed by atoms with Crippen LogP contribution >= 0.6 is 0 Å². The number of hydrogen-bond acceptors (Lipinski definition) is 3. The number of carboxylic acid groups (broad SMARTS) is 1. The minimum Gasteiger partial charge on any atom is -0.480 e. The van der Waals surface area contributed by atoms with Crippen molar-refractivity contribution < 1.29 is 14.7 Å². The van der Waals surface area contributed by atoms with Crippen molar-refractivity contribution in [2.24, 2.45) is 0 Å². The van der Waals surface area contributed by atoms with Gasteiger partial charge in [0.05, 0.1) is 6.54 Å². The summed E-state index contributed by atoms with van der Waals surface area (Å²) in [5.74, 6) is -0.896. The molecule has 1 aromatic carbocycles. The van der Waals surface area contributed by atoms with Crippen LogP contribution in [0.15, 0.2) is 30.3 Å². The Bertz CT molecular complexity index is 444. The van der Waals surface area contributed by atoms with E-state index in [-0.39, 0.29) is 24.8 Å². The quantitative estimate of drug-likeness (QED) is 0.882. The third kappa shape index (κ3) is 2.43. The molecule has 96 valence electrons. The van der Waals surface area contributed by atoms with Crippen molar-refractivity contribution in [1.29, 1.82) is 0 Å². The molecule has 1 saturated heterocycles. The highest BCUT2D eigenvalue weighted by atomic mass is 16.4. The molecule has 0 radical (unpaired) electrons. The molecule has 1 aromatic rings. The van der Waals surface area contributed by atoms with E-state index in [1.54, 1.807) is 4.90 Å². The van der Waals surface area contributed by atoms with E-state index < -0.39 is 12.0 Å². The van der Waals surface area contributed by atoms with Gasteiger partial charge >= 0.3 is 5.97 Å². The summed E-state index contributed by atoms with van der Waals surface area (Å²) in [6, 6.07) is 9.09. The lowest BCUT2D eigenvalue weighted by Crippen LogP contribution is -2.38. The van der Waals surface area contributed by atoms with Crippen LogP contribution in [0.2, 0.25) is 0 Å². The molecular weight excluding hydrogens is 230 g/mol. The minimum atomic E-state index is -0.907. The Hall–Kier alpha value is -1.68. The number of aliphatic carboxylic acids is 1. The molecule has 4 heteroatoms. The fourth-order valence-corrected chi connectivity index (χ4v) is 2.60. The highest BCUT2D eigenvalue weighted by molar-refractivity contribution is 5.90. The van der Waals surface area contributed by atoms with Gasteiger partial charge in [-0.2, -0.15) is 0 Å². The Morgan fingerprint density at radius 3 is 2.67 bits per heavy atom. The molecule has 0 spiro atoms. The summed E-state index contributed by atoms with van der Waals surface area (Å²) in [6.45, 7) is 2.25. The van der Waals surface area contributed by atoms with Crippen molar-refractivity contribution in [1.82, 2.24) is 4.90 Å². The van der Waals surface area contributed by atoms with E-state index in [2.05, 4.69) is 0 Å². The standard InChI is InChI=1S/C14H17NO3/c1-2-12(10-6-4-3-5-7-10)15-9-11(16)8-13(15)14(17)18/h3-7,12-13H,2,8-9H2,1H3,(H,17,18)/t12?,13-/m1/s1. The molecule has 18 heavy (non-hydrogen) atoms. The average Bonchev–Trinajstić information content (AvgIpc) is 2.74. The zero-order chi connectivity index (χ0) is 13.1. The van der Waals surface area contributed by atoms with Crippen molar-refractivity contribution in [2.45, 2.75) is 31.8 Å². The van der Waals surface area contributed by atoms with Crippen LogP contribution in [0.5, 0.6) is 0 Å². The normalized spacial score (nSPS) is 22.1. The van der Waals surface area contributed by atoms with Gasteiger partial charge in [0.25, 0.3) is 0 Å². The first-order valence-electron chi connectivity index (χ1n) is 6.18. The lowest BCUT2D eigenvalue weighted by atomic mass is 10.0. The van der Waals surface area contributed by atoms with Gasteiger partial charge in [0.2, 0.25) is 0 Å². The number of carbonyl (C=O) groups is 2. The lowest BCUT2D eigenvalue weighted by Gasteiger charge is -2.29. The number of hydrogen-bond donors (Lipinski definition) is 1. The zero-order valence-electron chi connectivity index (χ0n) is 10.4. The minimum absolute atomic E-state index is 0.00116. The third-order valence-electron chi connectivity index (χ3n) is 3.44. The molecule has 4 nitrogen and oxygen atoms in total. The summed E-state index contributed by atoms with van der Waals surface area (Å²) >= 11 is 0. The third-order valence-corrected chi connectivity index (χ3v) is 3.44. The number of Topliss-reactive ketones (excluding diaryl/α,β-unsaturated/α-hetero) is 1. The van der Waals surface area contributed by atoms with Crippen LogP contribution in [0, 0.1) is 0 Å². The van der Waals surface area contributed by atoms with Crippen molar-refractivity contribution in [3.63, 3.8) is 0 Å². The first-order valence-corrected chi connectivity index (χ1v) is 6.18. The number of carbonyl (C=O) groups excluding carboxylic acids is 1. The molecule has 1 aliphatic heterocycles. The molecule has 0 aromatic heterocycles. The summed E-state index contributed by atoms with van der Waals surface area (Å²) in [5, 5.41) is 9.20. The second kappa shape index (κ2) is 5.31. The lowest BCUT2D eigenvalue weighted by molar-refractivity contribution is -0.143. The largest absolute Gasteiger partial charge is 0.480 e. The number of carboxylic acids is 1. The molecule has 0 aliphatic carbocycles. The highest BCUT2D eigenvalue weighted by Crippen LogP contribution is 2.30. The van der Waals surface area contributed by atoms with E-state index >= 15 is 0 Å². The summed E-state index contributed by atoms with van der Waals surface area (Å²) in [6.07, 6.45) is 0.916. The SMILES string of the molecule is CCC(c1ccccc1)N1CC(=O)C[C@@H]1C(=O)O. The first kappa shape index (κ1) is 12.8. The maximum Gasteiger partial charge on any atom is 0.321 e. The predicted molar refractivity (Wildman–Crippen MR) is 67.2 cm³/mol. The van der Waals surface area contributed by atoms with Crippen LogP contribution in [0.1, 0.15) is 31.4 Å². The summed E-state index contributed by atoms with van der Waals surface area (Å²) in [7, 11) is 0. The smallest absolute Gasteiger partial charge is 0.321 e. The average molecular weight is 247 g/mol. The molecular formula is C14H17NO3. The fourth-order valence-electron chi connectivity index (χ4n) is 2.60. The molecule has 1 heterocycles. The maximum atomic E-state index is 11.5. The fraction of sp³-hybridized carbons (Fsp3) is 0.429. The Balaban J connectivity index is 2.27. The zero-order valence-corrected chi connectivity index (χ0v) is 10.4. The second-order valence-electron chi connectivity index (χ2n) is 4.60. The van der Waals surface area contributed by atoms with E-state index in [1.165, 1.54) is 0 Å². The van der Waals surface area contributed by atoms with Crippen LogP contribution in [0.3, 0.4) is 0 Å². The number of nitrogens with zero attached hydrogens (tertiary/aromatic N) is 1. The van der Waals surface area contributed by atoms with Gasteiger partial charge in [0, 0.05) is 12.5 Å². The molecule has 0 bridgehead atoms.